The lowest BCUT2D eigenvalue weighted by atomic mass is 10.00. The van der Waals surface area contributed by atoms with Crippen LogP contribution in [0, 0.1) is 6.92 Å². The molecule has 4 aromatic rings. The van der Waals surface area contributed by atoms with Gasteiger partial charge in [-0.25, -0.2) is 4.79 Å². The van der Waals surface area contributed by atoms with Gasteiger partial charge in [-0.15, -0.1) is 0 Å². The van der Waals surface area contributed by atoms with Crippen LogP contribution in [0.1, 0.15) is 33.4 Å². The van der Waals surface area contributed by atoms with Crippen LogP contribution in [-0.2, 0) is 4.74 Å². The standard InChI is InChI=1S/C29H32N6O6/c1-19-17-25(33-41-19)27(34(2)29(37)38)21-5-3-20(4-6-21)24-18-26(32-31-24)30-28(36)22-7-9-23(10-8-22)40-16-13-35-11-14-39-15-12-35/h3-10,17-18,27H,11-16H2,1-2H3,(H,37,38)(H2,30,31,32,36). The van der Waals surface area contributed by atoms with Gasteiger partial charge < -0.3 is 24.4 Å². The maximum atomic E-state index is 12.8. The van der Waals surface area contributed by atoms with E-state index in [-0.39, 0.29) is 5.91 Å². The Morgan fingerprint density at radius 1 is 1.12 bits per heavy atom. The highest BCUT2D eigenvalue weighted by Crippen LogP contribution is 2.30. The molecule has 2 aromatic heterocycles. The zero-order chi connectivity index (χ0) is 28.8. The number of aromatic amines is 1. The second-order valence-corrected chi connectivity index (χ2v) is 9.73. The van der Waals surface area contributed by atoms with E-state index in [2.05, 4.69) is 25.6 Å². The number of carbonyl (C=O) groups excluding carboxylic acids is 1. The zero-order valence-electron chi connectivity index (χ0n) is 22.9. The predicted octanol–water partition coefficient (Wildman–Crippen LogP) is 4.04. The molecule has 12 heteroatoms. The number of aromatic nitrogens is 3. The van der Waals surface area contributed by atoms with E-state index in [0.717, 1.165) is 44.0 Å². The number of nitrogens with zero attached hydrogens (tertiary/aromatic N) is 4. The molecular formula is C29H32N6O6. The number of amides is 2. The van der Waals surface area contributed by atoms with Crippen LogP contribution >= 0.6 is 0 Å². The molecule has 1 aliphatic heterocycles. The number of anilines is 1. The first kappa shape index (κ1) is 27.9. The van der Waals surface area contributed by atoms with Gasteiger partial charge in [-0.3, -0.25) is 19.7 Å². The molecule has 1 saturated heterocycles. The molecular weight excluding hydrogens is 528 g/mol. The molecule has 5 rings (SSSR count). The highest BCUT2D eigenvalue weighted by molar-refractivity contribution is 6.04. The monoisotopic (exact) mass is 560 g/mol. The van der Waals surface area contributed by atoms with Gasteiger partial charge in [-0.05, 0) is 42.3 Å². The second kappa shape index (κ2) is 12.7. The van der Waals surface area contributed by atoms with Gasteiger partial charge in [0, 0.05) is 44.4 Å². The Morgan fingerprint density at radius 2 is 1.85 bits per heavy atom. The first-order valence-electron chi connectivity index (χ1n) is 13.3. The molecule has 1 aliphatic rings. The van der Waals surface area contributed by atoms with Crippen molar-refractivity contribution >= 4 is 17.8 Å². The Kier molecular flexibility index (Phi) is 8.61. The van der Waals surface area contributed by atoms with Crippen LogP contribution in [-0.4, -0.2) is 88.8 Å². The normalized spacial score (nSPS) is 14.4. The highest BCUT2D eigenvalue weighted by Gasteiger charge is 2.26. The van der Waals surface area contributed by atoms with Gasteiger partial charge in [-0.2, -0.15) is 5.10 Å². The molecule has 3 N–H and O–H groups in total. The van der Waals surface area contributed by atoms with Gasteiger partial charge in [0.2, 0.25) is 0 Å². The molecule has 2 amide bonds. The zero-order valence-corrected chi connectivity index (χ0v) is 22.9. The van der Waals surface area contributed by atoms with E-state index in [4.69, 9.17) is 14.0 Å². The van der Waals surface area contributed by atoms with Gasteiger partial charge >= 0.3 is 6.09 Å². The van der Waals surface area contributed by atoms with E-state index >= 15 is 0 Å². The first-order valence-corrected chi connectivity index (χ1v) is 13.3. The summed E-state index contributed by atoms with van der Waals surface area (Å²) in [6, 6.07) is 17.2. The van der Waals surface area contributed by atoms with Gasteiger partial charge in [0.05, 0.1) is 18.9 Å². The van der Waals surface area contributed by atoms with E-state index in [0.29, 0.717) is 40.9 Å². The summed E-state index contributed by atoms with van der Waals surface area (Å²) in [5, 5.41) is 23.5. The number of hydrogen-bond acceptors (Lipinski definition) is 8. The molecule has 0 spiro atoms. The molecule has 0 saturated carbocycles. The van der Waals surface area contributed by atoms with Crippen LogP contribution in [0.4, 0.5) is 10.6 Å². The number of H-pyrrole nitrogens is 1. The summed E-state index contributed by atoms with van der Waals surface area (Å²) in [7, 11) is 1.49. The van der Waals surface area contributed by atoms with Crippen molar-refractivity contribution < 1.29 is 28.7 Å². The summed E-state index contributed by atoms with van der Waals surface area (Å²) in [6.45, 7) is 6.49. The van der Waals surface area contributed by atoms with Crippen molar-refractivity contribution in [3.63, 3.8) is 0 Å². The quantitative estimate of drug-likeness (QED) is 0.262. The third kappa shape index (κ3) is 6.91. The van der Waals surface area contributed by atoms with Crippen LogP contribution in [0.3, 0.4) is 0 Å². The maximum absolute atomic E-state index is 12.8. The Morgan fingerprint density at radius 3 is 2.51 bits per heavy atom. The van der Waals surface area contributed by atoms with E-state index in [1.54, 1.807) is 43.3 Å². The largest absolute Gasteiger partial charge is 0.492 e. The van der Waals surface area contributed by atoms with Crippen molar-refractivity contribution in [2.75, 3.05) is 51.8 Å². The van der Waals surface area contributed by atoms with Crippen LogP contribution in [0.5, 0.6) is 5.75 Å². The minimum absolute atomic E-state index is 0.291. The van der Waals surface area contributed by atoms with Crippen LogP contribution in [0.2, 0.25) is 0 Å². The summed E-state index contributed by atoms with van der Waals surface area (Å²) in [5.74, 6) is 1.38. The molecule has 0 radical (unpaired) electrons. The van der Waals surface area contributed by atoms with E-state index in [1.165, 1.54) is 11.9 Å². The van der Waals surface area contributed by atoms with Crippen LogP contribution in [0.15, 0.2) is 65.2 Å². The molecule has 1 fully saturated rings. The fourth-order valence-corrected chi connectivity index (χ4v) is 4.60. The van der Waals surface area contributed by atoms with E-state index in [1.807, 2.05) is 24.3 Å². The van der Waals surface area contributed by atoms with Gasteiger partial charge in [0.1, 0.15) is 29.9 Å². The number of carbonyl (C=O) groups is 2. The van der Waals surface area contributed by atoms with Crippen molar-refractivity contribution in [3.05, 3.63) is 83.2 Å². The molecule has 0 aliphatic carbocycles. The van der Waals surface area contributed by atoms with E-state index < -0.39 is 12.1 Å². The van der Waals surface area contributed by atoms with Crippen molar-refractivity contribution in [3.8, 4) is 17.0 Å². The number of ether oxygens (including phenoxy) is 2. The molecule has 1 unspecified atom stereocenters. The van der Waals surface area contributed by atoms with Gasteiger partial charge in [-0.1, -0.05) is 29.4 Å². The fourth-order valence-electron chi connectivity index (χ4n) is 4.60. The summed E-state index contributed by atoms with van der Waals surface area (Å²) in [6.07, 6.45) is -1.08. The smallest absolute Gasteiger partial charge is 0.407 e. The molecule has 2 aromatic carbocycles. The Labute approximate surface area is 236 Å². The number of nitrogens with one attached hydrogen (secondary N) is 2. The lowest BCUT2D eigenvalue weighted by Gasteiger charge is -2.26. The lowest BCUT2D eigenvalue weighted by Crippen LogP contribution is -2.38. The van der Waals surface area contributed by atoms with Crippen molar-refractivity contribution in [1.82, 2.24) is 25.2 Å². The average Bonchev–Trinajstić information content (AvgIpc) is 3.63. The van der Waals surface area contributed by atoms with Crippen molar-refractivity contribution in [2.24, 2.45) is 0 Å². The summed E-state index contributed by atoms with van der Waals surface area (Å²) in [4.78, 5) is 28.0. The molecule has 41 heavy (non-hydrogen) atoms. The number of benzene rings is 2. The Balaban J connectivity index is 1.18. The summed E-state index contributed by atoms with van der Waals surface area (Å²) in [5.41, 5.74) is 3.22. The maximum Gasteiger partial charge on any atom is 0.407 e. The van der Waals surface area contributed by atoms with Gasteiger partial charge in [0.15, 0.2) is 5.82 Å². The minimum Gasteiger partial charge on any atom is -0.492 e. The summed E-state index contributed by atoms with van der Waals surface area (Å²) < 4.78 is 16.3. The van der Waals surface area contributed by atoms with E-state index in [9.17, 15) is 14.7 Å². The molecule has 214 valence electrons. The van der Waals surface area contributed by atoms with Crippen molar-refractivity contribution in [2.45, 2.75) is 13.0 Å². The molecule has 1 atom stereocenters. The lowest BCUT2D eigenvalue weighted by molar-refractivity contribution is 0.0322. The summed E-state index contributed by atoms with van der Waals surface area (Å²) >= 11 is 0. The third-order valence-corrected chi connectivity index (χ3v) is 6.87. The highest BCUT2D eigenvalue weighted by atomic mass is 16.5. The van der Waals surface area contributed by atoms with Crippen LogP contribution in [0.25, 0.3) is 11.3 Å². The third-order valence-electron chi connectivity index (χ3n) is 6.87. The predicted molar refractivity (Wildman–Crippen MR) is 150 cm³/mol. The van der Waals surface area contributed by atoms with Gasteiger partial charge in [0.25, 0.3) is 5.91 Å². The molecule has 0 bridgehead atoms. The van der Waals surface area contributed by atoms with Crippen molar-refractivity contribution in [1.29, 1.82) is 0 Å². The number of aryl methyl sites for hydroxylation is 1. The van der Waals surface area contributed by atoms with Crippen LogP contribution < -0.4 is 10.1 Å². The molecule has 12 nitrogen and oxygen atoms in total. The first-order chi connectivity index (χ1) is 19.9. The SMILES string of the molecule is Cc1cc(C(c2ccc(-c3cc(NC(=O)c4ccc(OCCN5CCOCC5)cc4)n[nH]3)cc2)N(C)C(=O)O)no1. The average molecular weight is 561 g/mol. The minimum atomic E-state index is -1.08. The number of rotatable bonds is 10. The number of hydrogen-bond donors (Lipinski definition) is 3. The fraction of sp³-hybridized carbons (Fsp3) is 0.310. The number of morpholine rings is 1. The topological polar surface area (TPSA) is 146 Å². The Hall–Kier alpha value is -4.68. The second-order valence-electron chi connectivity index (χ2n) is 9.73. The Bertz CT molecular complexity index is 1460. The molecule has 3 heterocycles. The number of carboxylic acid groups (broad SMARTS) is 1.